The second-order valence-electron chi connectivity index (χ2n) is 8.09. The number of hydrogen-bond donors (Lipinski definition) is 1. The highest BCUT2D eigenvalue weighted by Crippen LogP contribution is 2.30. The summed E-state index contributed by atoms with van der Waals surface area (Å²) in [6, 6.07) is 4.86. The Balaban J connectivity index is 1.66. The van der Waals surface area contributed by atoms with Gasteiger partial charge in [-0.25, -0.2) is 0 Å². The molecule has 2 aliphatic heterocycles. The predicted octanol–water partition coefficient (Wildman–Crippen LogP) is 3.99. The van der Waals surface area contributed by atoms with E-state index in [0.717, 1.165) is 57.5 Å². The zero-order chi connectivity index (χ0) is 19.8. The molecule has 1 aromatic heterocycles. The van der Waals surface area contributed by atoms with Crippen LogP contribution in [0.4, 0.5) is 0 Å². The molecular formula is C22H38N4OS. The monoisotopic (exact) mass is 406 g/mol. The Bertz CT molecular complexity index is 575. The molecule has 1 N–H and O–H groups in total. The van der Waals surface area contributed by atoms with Crippen molar-refractivity contribution in [3.63, 3.8) is 0 Å². The van der Waals surface area contributed by atoms with Crippen LogP contribution in [0, 0.1) is 5.92 Å². The molecule has 5 nitrogen and oxygen atoms in total. The van der Waals surface area contributed by atoms with E-state index in [1.165, 1.54) is 30.8 Å². The molecule has 0 radical (unpaired) electrons. The van der Waals surface area contributed by atoms with Gasteiger partial charge in [0, 0.05) is 31.1 Å². The third kappa shape index (κ3) is 5.94. The fourth-order valence-corrected chi connectivity index (χ4v) is 5.13. The van der Waals surface area contributed by atoms with Gasteiger partial charge in [0.15, 0.2) is 5.96 Å². The lowest BCUT2D eigenvalue weighted by atomic mass is 9.97. The molecule has 3 heterocycles. The van der Waals surface area contributed by atoms with Crippen molar-refractivity contribution < 1.29 is 4.74 Å². The molecule has 3 rings (SSSR count). The van der Waals surface area contributed by atoms with Crippen molar-refractivity contribution >= 4 is 17.3 Å². The highest BCUT2D eigenvalue weighted by Gasteiger charge is 2.26. The summed E-state index contributed by atoms with van der Waals surface area (Å²) in [6.07, 6.45) is 5.21. The number of guanidine groups is 1. The largest absolute Gasteiger partial charge is 0.378 e. The lowest BCUT2D eigenvalue weighted by molar-refractivity contribution is 0.0263. The summed E-state index contributed by atoms with van der Waals surface area (Å²) in [7, 11) is 0. The molecular weight excluding hydrogens is 368 g/mol. The molecule has 0 amide bonds. The molecule has 2 aliphatic rings. The minimum absolute atomic E-state index is 0.405. The fourth-order valence-electron chi connectivity index (χ4n) is 4.28. The van der Waals surface area contributed by atoms with E-state index in [4.69, 9.17) is 9.73 Å². The summed E-state index contributed by atoms with van der Waals surface area (Å²) < 4.78 is 5.81. The molecule has 0 saturated carbocycles. The van der Waals surface area contributed by atoms with Gasteiger partial charge in [-0.05, 0) is 70.0 Å². The first kappa shape index (κ1) is 21.6. The van der Waals surface area contributed by atoms with Gasteiger partial charge < -0.3 is 15.0 Å². The van der Waals surface area contributed by atoms with Crippen molar-refractivity contribution in [2.24, 2.45) is 10.9 Å². The Kier molecular flexibility index (Phi) is 8.62. The van der Waals surface area contributed by atoms with Crippen LogP contribution in [0.2, 0.25) is 0 Å². The van der Waals surface area contributed by atoms with Crippen molar-refractivity contribution in [2.45, 2.75) is 58.6 Å². The number of rotatable bonds is 7. The summed E-state index contributed by atoms with van der Waals surface area (Å²) in [5.41, 5.74) is 0. The van der Waals surface area contributed by atoms with Crippen LogP contribution >= 0.6 is 11.3 Å². The molecule has 2 fully saturated rings. The maximum absolute atomic E-state index is 5.81. The summed E-state index contributed by atoms with van der Waals surface area (Å²) in [5, 5.41) is 5.73. The molecule has 1 unspecified atom stereocenters. The van der Waals surface area contributed by atoms with Gasteiger partial charge in [0.05, 0.1) is 18.7 Å². The van der Waals surface area contributed by atoms with E-state index in [-0.39, 0.29) is 0 Å². The first-order valence-corrected chi connectivity index (χ1v) is 12.0. The van der Waals surface area contributed by atoms with Gasteiger partial charge in [0.2, 0.25) is 0 Å². The van der Waals surface area contributed by atoms with Gasteiger partial charge in [-0.15, -0.1) is 11.3 Å². The van der Waals surface area contributed by atoms with Crippen LogP contribution < -0.4 is 5.32 Å². The van der Waals surface area contributed by atoms with Crippen molar-refractivity contribution in [1.82, 2.24) is 15.1 Å². The van der Waals surface area contributed by atoms with Crippen molar-refractivity contribution in [1.29, 1.82) is 0 Å². The molecule has 158 valence electrons. The second-order valence-corrected chi connectivity index (χ2v) is 9.07. The van der Waals surface area contributed by atoms with Gasteiger partial charge in [-0.2, -0.15) is 0 Å². The van der Waals surface area contributed by atoms with Crippen LogP contribution in [-0.2, 0) is 4.74 Å². The number of likely N-dealkylation sites (tertiary alicyclic amines) is 2. The SMILES string of the molecule is CCNC(=NCC(c1cccs1)N1CCC(C)CC1)N1CCC(OCC)CC1. The Hall–Kier alpha value is -1.11. The van der Waals surface area contributed by atoms with Gasteiger partial charge in [-0.3, -0.25) is 9.89 Å². The highest BCUT2D eigenvalue weighted by molar-refractivity contribution is 7.10. The Morgan fingerprint density at radius 2 is 1.96 bits per heavy atom. The van der Waals surface area contributed by atoms with E-state index < -0.39 is 0 Å². The quantitative estimate of drug-likeness (QED) is 0.549. The van der Waals surface area contributed by atoms with Crippen molar-refractivity contribution in [3.05, 3.63) is 22.4 Å². The molecule has 0 aliphatic carbocycles. The molecule has 1 aromatic rings. The molecule has 0 bridgehead atoms. The summed E-state index contributed by atoms with van der Waals surface area (Å²) in [6.45, 7) is 13.6. The normalized spacial score (nSPS) is 21.8. The third-order valence-corrected chi connectivity index (χ3v) is 7.00. The minimum atomic E-state index is 0.405. The fraction of sp³-hybridized carbons (Fsp3) is 0.773. The maximum atomic E-state index is 5.81. The number of ether oxygens (including phenoxy) is 1. The van der Waals surface area contributed by atoms with E-state index in [9.17, 15) is 0 Å². The van der Waals surface area contributed by atoms with Crippen LogP contribution in [0.1, 0.15) is 57.4 Å². The molecule has 1 atom stereocenters. The number of nitrogens with zero attached hydrogens (tertiary/aromatic N) is 3. The number of thiophene rings is 1. The average molecular weight is 407 g/mol. The summed E-state index contributed by atoms with van der Waals surface area (Å²) in [4.78, 5) is 11.6. The highest BCUT2D eigenvalue weighted by atomic mass is 32.1. The van der Waals surface area contributed by atoms with E-state index in [1.54, 1.807) is 0 Å². The lowest BCUT2D eigenvalue weighted by Crippen LogP contribution is -2.47. The molecule has 0 spiro atoms. The lowest BCUT2D eigenvalue weighted by Gasteiger charge is -2.37. The zero-order valence-corrected chi connectivity index (χ0v) is 18.7. The standard InChI is InChI=1S/C22H38N4OS/c1-4-23-22(26-14-10-19(11-15-26)27-5-2)24-17-20(21-7-6-16-28-21)25-12-8-18(3)9-13-25/h6-7,16,18-20H,4-5,8-15,17H2,1-3H3,(H,23,24). The second kappa shape index (κ2) is 11.2. The van der Waals surface area contributed by atoms with Crippen LogP contribution in [0.15, 0.2) is 22.5 Å². The van der Waals surface area contributed by atoms with Gasteiger partial charge >= 0.3 is 0 Å². The van der Waals surface area contributed by atoms with Crippen LogP contribution in [-0.4, -0.2) is 67.7 Å². The molecule has 0 aromatic carbocycles. The molecule has 28 heavy (non-hydrogen) atoms. The Morgan fingerprint density at radius 3 is 2.57 bits per heavy atom. The number of piperidine rings is 2. The van der Waals surface area contributed by atoms with E-state index in [2.05, 4.69) is 53.4 Å². The number of nitrogens with one attached hydrogen (secondary N) is 1. The van der Waals surface area contributed by atoms with Gasteiger partial charge in [-0.1, -0.05) is 13.0 Å². The van der Waals surface area contributed by atoms with Crippen molar-refractivity contribution in [2.75, 3.05) is 45.9 Å². The van der Waals surface area contributed by atoms with Gasteiger partial charge in [0.1, 0.15) is 0 Å². The number of hydrogen-bond acceptors (Lipinski definition) is 4. The smallest absolute Gasteiger partial charge is 0.193 e. The van der Waals surface area contributed by atoms with Gasteiger partial charge in [0.25, 0.3) is 0 Å². The topological polar surface area (TPSA) is 40.1 Å². The Labute approximate surface area is 175 Å². The third-order valence-electron chi connectivity index (χ3n) is 6.02. The van der Waals surface area contributed by atoms with Crippen LogP contribution in [0.5, 0.6) is 0 Å². The summed E-state index contributed by atoms with van der Waals surface area (Å²) >= 11 is 1.87. The van der Waals surface area contributed by atoms with Crippen LogP contribution in [0.3, 0.4) is 0 Å². The Morgan fingerprint density at radius 1 is 1.21 bits per heavy atom. The maximum Gasteiger partial charge on any atom is 0.193 e. The van der Waals surface area contributed by atoms with Crippen LogP contribution in [0.25, 0.3) is 0 Å². The first-order chi connectivity index (χ1) is 13.7. The van der Waals surface area contributed by atoms with E-state index in [1.807, 2.05) is 11.3 Å². The molecule has 6 heteroatoms. The number of aliphatic imine (C=N–C) groups is 1. The minimum Gasteiger partial charge on any atom is -0.378 e. The first-order valence-electron chi connectivity index (χ1n) is 11.1. The van der Waals surface area contributed by atoms with E-state index in [0.29, 0.717) is 12.1 Å². The molecule has 2 saturated heterocycles. The zero-order valence-electron chi connectivity index (χ0n) is 17.9. The van der Waals surface area contributed by atoms with Crippen molar-refractivity contribution in [3.8, 4) is 0 Å². The average Bonchev–Trinajstić information content (AvgIpc) is 3.24. The predicted molar refractivity (Wildman–Crippen MR) is 119 cm³/mol. The van der Waals surface area contributed by atoms with E-state index >= 15 is 0 Å². The summed E-state index contributed by atoms with van der Waals surface area (Å²) in [5.74, 6) is 1.93.